The van der Waals surface area contributed by atoms with Crippen molar-refractivity contribution in [3.05, 3.63) is 29.3 Å². The van der Waals surface area contributed by atoms with E-state index in [1.807, 2.05) is 55.8 Å². The van der Waals surface area contributed by atoms with E-state index in [1.165, 1.54) is 0 Å². The number of benzene rings is 1. The first-order chi connectivity index (χ1) is 12.3. The fourth-order valence-electron chi connectivity index (χ4n) is 3.29. The summed E-state index contributed by atoms with van der Waals surface area (Å²) in [5.41, 5.74) is 2.94. The lowest BCUT2D eigenvalue weighted by molar-refractivity contribution is -0.138. The third-order valence-electron chi connectivity index (χ3n) is 5.29. The zero-order valence-corrected chi connectivity index (χ0v) is 16.7. The molecule has 1 saturated heterocycles. The number of amides is 2. The van der Waals surface area contributed by atoms with Gasteiger partial charge in [0, 0.05) is 31.9 Å². The second-order valence-corrected chi connectivity index (χ2v) is 7.17. The Hall–Kier alpha value is -1.92. The van der Waals surface area contributed by atoms with Crippen LogP contribution in [0.1, 0.15) is 25.0 Å². The molecule has 2 amide bonds. The van der Waals surface area contributed by atoms with Gasteiger partial charge in [0.2, 0.25) is 11.8 Å². The van der Waals surface area contributed by atoms with E-state index in [1.54, 1.807) is 0 Å². The molecule has 1 N–H and O–H groups in total. The Balaban J connectivity index is 1.89. The van der Waals surface area contributed by atoms with Crippen molar-refractivity contribution < 1.29 is 9.59 Å². The fourth-order valence-corrected chi connectivity index (χ4v) is 3.29. The Morgan fingerprint density at radius 3 is 2.27 bits per heavy atom. The molecule has 1 heterocycles. The van der Waals surface area contributed by atoms with Gasteiger partial charge in [-0.3, -0.25) is 14.5 Å². The van der Waals surface area contributed by atoms with Gasteiger partial charge in [-0.25, -0.2) is 0 Å². The number of para-hydroxylation sites is 1. The molecule has 0 bridgehead atoms. The first-order valence-electron chi connectivity index (χ1n) is 9.41. The number of likely N-dealkylation sites (N-methyl/N-ethyl adjacent to an activating group) is 2. The number of carbonyl (C=O) groups excluding carboxylic acids is 2. The van der Waals surface area contributed by atoms with Gasteiger partial charge in [-0.15, -0.1) is 0 Å². The summed E-state index contributed by atoms with van der Waals surface area (Å²) >= 11 is 0. The van der Waals surface area contributed by atoms with Crippen LogP contribution in [0.2, 0.25) is 0 Å². The number of rotatable bonds is 6. The quantitative estimate of drug-likeness (QED) is 0.839. The van der Waals surface area contributed by atoms with Gasteiger partial charge in [-0.05, 0) is 45.5 Å². The number of hydrogen-bond acceptors (Lipinski definition) is 4. The van der Waals surface area contributed by atoms with E-state index in [4.69, 9.17) is 0 Å². The Morgan fingerprint density at radius 2 is 1.73 bits per heavy atom. The summed E-state index contributed by atoms with van der Waals surface area (Å²) in [6.45, 7) is 12.6. The largest absolute Gasteiger partial charge is 0.339 e. The Bertz CT molecular complexity index is 618. The molecule has 1 aliphatic heterocycles. The minimum absolute atomic E-state index is 0.0969. The molecule has 1 fully saturated rings. The van der Waals surface area contributed by atoms with Crippen LogP contribution in [-0.4, -0.2) is 78.9 Å². The number of piperazine rings is 1. The smallest absolute Gasteiger partial charge is 0.239 e. The third kappa shape index (κ3) is 5.05. The molecule has 0 spiro atoms. The van der Waals surface area contributed by atoms with E-state index in [-0.39, 0.29) is 24.4 Å². The maximum atomic E-state index is 12.7. The highest BCUT2D eigenvalue weighted by Crippen LogP contribution is 2.19. The molecule has 26 heavy (non-hydrogen) atoms. The van der Waals surface area contributed by atoms with Crippen LogP contribution in [-0.2, 0) is 9.59 Å². The first-order valence-corrected chi connectivity index (χ1v) is 9.41. The molecule has 6 heteroatoms. The lowest BCUT2D eigenvalue weighted by Gasteiger charge is -2.36. The van der Waals surface area contributed by atoms with E-state index < -0.39 is 0 Å². The normalized spacial score (nSPS) is 16.6. The maximum absolute atomic E-state index is 12.7. The highest BCUT2D eigenvalue weighted by molar-refractivity contribution is 5.94. The number of carbonyl (C=O) groups is 2. The van der Waals surface area contributed by atoms with Gasteiger partial charge >= 0.3 is 0 Å². The van der Waals surface area contributed by atoms with Crippen molar-refractivity contribution in [2.24, 2.45) is 0 Å². The zero-order chi connectivity index (χ0) is 19.3. The molecule has 0 aliphatic carbocycles. The van der Waals surface area contributed by atoms with Gasteiger partial charge in [-0.2, -0.15) is 0 Å². The molecule has 1 aliphatic rings. The van der Waals surface area contributed by atoms with E-state index in [9.17, 15) is 9.59 Å². The summed E-state index contributed by atoms with van der Waals surface area (Å²) < 4.78 is 0. The fraction of sp³-hybridized carbons (Fsp3) is 0.600. The highest BCUT2D eigenvalue weighted by Gasteiger charge is 2.27. The van der Waals surface area contributed by atoms with Crippen LogP contribution in [0.25, 0.3) is 0 Å². The lowest BCUT2D eigenvalue weighted by Crippen LogP contribution is -2.54. The predicted molar refractivity (Wildman–Crippen MR) is 105 cm³/mol. The molecule has 1 atom stereocenters. The standard InChI is InChI=1S/C20H32N4O2/c1-6-23-10-12-24(13-11-23)20(26)17(4)22(5)14-18(25)21-19-15(2)8-7-9-16(19)3/h7-9,17H,6,10-14H2,1-5H3,(H,21,25)/t17-/m1/s1. The molecular formula is C20H32N4O2. The molecule has 0 aromatic heterocycles. The molecular weight excluding hydrogens is 328 g/mol. The van der Waals surface area contributed by atoms with Crippen LogP contribution in [0.4, 0.5) is 5.69 Å². The third-order valence-corrected chi connectivity index (χ3v) is 5.29. The number of hydrogen-bond donors (Lipinski definition) is 1. The van der Waals surface area contributed by atoms with E-state index in [0.717, 1.165) is 49.5 Å². The van der Waals surface area contributed by atoms with Crippen LogP contribution in [0.5, 0.6) is 0 Å². The van der Waals surface area contributed by atoms with Crippen LogP contribution >= 0.6 is 0 Å². The Kier molecular flexibility index (Phi) is 7.17. The van der Waals surface area contributed by atoms with Crippen molar-refractivity contribution in [2.45, 2.75) is 33.7 Å². The molecule has 2 rings (SSSR count). The van der Waals surface area contributed by atoms with Crippen LogP contribution in [0.3, 0.4) is 0 Å². The molecule has 0 unspecified atom stereocenters. The summed E-state index contributed by atoms with van der Waals surface area (Å²) in [7, 11) is 1.83. The van der Waals surface area contributed by atoms with Gasteiger partial charge < -0.3 is 15.1 Å². The SMILES string of the molecule is CCN1CCN(C(=O)[C@@H](C)N(C)CC(=O)Nc2c(C)cccc2C)CC1. The highest BCUT2D eigenvalue weighted by atomic mass is 16.2. The summed E-state index contributed by atoms with van der Waals surface area (Å²) in [6.07, 6.45) is 0. The number of nitrogens with one attached hydrogen (secondary N) is 1. The van der Waals surface area contributed by atoms with Crippen molar-refractivity contribution in [2.75, 3.05) is 51.6 Å². The van der Waals surface area contributed by atoms with Crippen molar-refractivity contribution in [1.82, 2.24) is 14.7 Å². The van der Waals surface area contributed by atoms with E-state index >= 15 is 0 Å². The molecule has 0 radical (unpaired) electrons. The molecule has 144 valence electrons. The number of aryl methyl sites for hydroxylation is 2. The summed E-state index contributed by atoms with van der Waals surface area (Å²) in [6, 6.07) is 5.63. The summed E-state index contributed by atoms with van der Waals surface area (Å²) in [5, 5.41) is 2.98. The Morgan fingerprint density at radius 1 is 1.15 bits per heavy atom. The van der Waals surface area contributed by atoms with Gasteiger partial charge in [0.1, 0.15) is 0 Å². The second-order valence-electron chi connectivity index (χ2n) is 7.17. The number of anilines is 1. The summed E-state index contributed by atoms with van der Waals surface area (Å²) in [4.78, 5) is 31.2. The lowest BCUT2D eigenvalue weighted by atomic mass is 10.1. The van der Waals surface area contributed by atoms with Crippen molar-refractivity contribution in [3.8, 4) is 0 Å². The maximum Gasteiger partial charge on any atom is 0.239 e. The second kappa shape index (κ2) is 9.14. The van der Waals surface area contributed by atoms with Crippen LogP contribution in [0.15, 0.2) is 18.2 Å². The Labute approximate surface area is 157 Å². The van der Waals surface area contributed by atoms with Crippen LogP contribution in [0, 0.1) is 13.8 Å². The van der Waals surface area contributed by atoms with Gasteiger partial charge in [0.15, 0.2) is 0 Å². The van der Waals surface area contributed by atoms with Gasteiger partial charge in [0.05, 0.1) is 12.6 Å². The predicted octanol–water partition coefficient (Wildman–Crippen LogP) is 1.73. The van der Waals surface area contributed by atoms with Crippen molar-refractivity contribution >= 4 is 17.5 Å². The monoisotopic (exact) mass is 360 g/mol. The van der Waals surface area contributed by atoms with Crippen LogP contribution < -0.4 is 5.32 Å². The average molecular weight is 361 g/mol. The summed E-state index contributed by atoms with van der Waals surface area (Å²) in [5.74, 6) is 0.00322. The topological polar surface area (TPSA) is 55.9 Å². The molecule has 0 saturated carbocycles. The van der Waals surface area contributed by atoms with Gasteiger partial charge in [0.25, 0.3) is 0 Å². The number of nitrogens with zero attached hydrogens (tertiary/aromatic N) is 3. The van der Waals surface area contributed by atoms with E-state index in [0.29, 0.717) is 0 Å². The molecule has 1 aromatic carbocycles. The van der Waals surface area contributed by atoms with Crippen molar-refractivity contribution in [3.63, 3.8) is 0 Å². The molecule has 6 nitrogen and oxygen atoms in total. The average Bonchev–Trinajstić information content (AvgIpc) is 2.63. The van der Waals surface area contributed by atoms with Gasteiger partial charge in [-0.1, -0.05) is 25.1 Å². The van der Waals surface area contributed by atoms with Crippen molar-refractivity contribution in [1.29, 1.82) is 0 Å². The van der Waals surface area contributed by atoms with E-state index in [2.05, 4.69) is 17.1 Å². The molecule has 1 aromatic rings. The minimum Gasteiger partial charge on any atom is -0.339 e. The first kappa shape index (κ1) is 20.4. The minimum atomic E-state index is -0.313. The zero-order valence-electron chi connectivity index (χ0n) is 16.7.